The first-order valence-electron chi connectivity index (χ1n) is 9.15. The molecule has 2 unspecified atom stereocenters. The summed E-state index contributed by atoms with van der Waals surface area (Å²) in [5.41, 5.74) is 1.75. The quantitative estimate of drug-likeness (QED) is 0.586. The highest BCUT2D eigenvalue weighted by Crippen LogP contribution is 2.48. The van der Waals surface area contributed by atoms with Gasteiger partial charge in [0.05, 0.1) is 16.1 Å². The van der Waals surface area contributed by atoms with Gasteiger partial charge in [-0.2, -0.15) is 0 Å². The van der Waals surface area contributed by atoms with Crippen molar-refractivity contribution in [3.8, 4) is 0 Å². The Bertz CT molecular complexity index is 985. The lowest BCUT2D eigenvalue weighted by atomic mass is 10.1. The van der Waals surface area contributed by atoms with E-state index in [0.717, 1.165) is 15.8 Å². The summed E-state index contributed by atoms with van der Waals surface area (Å²) in [5, 5.41) is 0.598. The monoisotopic (exact) mass is 398 g/mol. The molecule has 4 rings (SSSR count). The van der Waals surface area contributed by atoms with Gasteiger partial charge in [-0.1, -0.05) is 35.6 Å². The molecule has 5 nitrogen and oxygen atoms in total. The van der Waals surface area contributed by atoms with Crippen molar-refractivity contribution < 1.29 is 18.7 Å². The number of amides is 1. The molecule has 0 bridgehead atoms. The number of likely N-dealkylation sites (N-methyl/N-ethyl adjacent to an activating group) is 1. The molecule has 1 heterocycles. The number of carbonyl (C=O) groups excluding carboxylic acids is 2. The number of benzene rings is 2. The number of anilines is 1. The summed E-state index contributed by atoms with van der Waals surface area (Å²) in [6.07, 6.45) is 0.661. The molecule has 1 aromatic heterocycles. The molecule has 2 atom stereocenters. The predicted octanol–water partition coefficient (Wildman–Crippen LogP) is 4.14. The van der Waals surface area contributed by atoms with Crippen molar-refractivity contribution in [2.75, 3.05) is 18.1 Å². The number of para-hydroxylation sites is 1. The molecule has 28 heavy (non-hydrogen) atoms. The first-order chi connectivity index (χ1) is 13.6. The molecule has 1 aliphatic carbocycles. The average molecular weight is 398 g/mol. The first-order valence-corrected chi connectivity index (χ1v) is 9.96. The lowest BCUT2D eigenvalue weighted by Gasteiger charge is -2.17. The smallest absolute Gasteiger partial charge is 0.310 e. The topological polar surface area (TPSA) is 59.5 Å². The fraction of sp³-hybridized carbons (Fsp3) is 0.286. The van der Waals surface area contributed by atoms with Crippen LogP contribution in [-0.2, 0) is 14.3 Å². The Kier molecular flexibility index (Phi) is 5.09. The molecule has 1 saturated carbocycles. The van der Waals surface area contributed by atoms with E-state index in [4.69, 9.17) is 4.74 Å². The van der Waals surface area contributed by atoms with Gasteiger partial charge in [0.15, 0.2) is 11.7 Å². The highest BCUT2D eigenvalue weighted by molar-refractivity contribution is 7.22. The SMILES string of the molecule is CCN(C(=O)COC(=O)C1CC1c1ccc(F)cc1)c1nc2ccccc2s1. The van der Waals surface area contributed by atoms with Crippen molar-refractivity contribution in [3.63, 3.8) is 0 Å². The predicted molar refractivity (Wildman–Crippen MR) is 106 cm³/mol. The van der Waals surface area contributed by atoms with Crippen molar-refractivity contribution in [2.24, 2.45) is 5.92 Å². The fourth-order valence-corrected chi connectivity index (χ4v) is 4.29. The standard InChI is InChI=1S/C21H19FN2O3S/c1-2-24(21-23-17-5-3-4-6-18(17)28-21)19(25)12-27-20(26)16-11-15(16)13-7-9-14(22)10-8-13/h3-10,15-16H,2,11-12H2,1H3. The van der Waals surface area contributed by atoms with E-state index in [9.17, 15) is 14.0 Å². The highest BCUT2D eigenvalue weighted by Gasteiger charge is 2.45. The second-order valence-corrected chi connectivity index (χ2v) is 7.72. The summed E-state index contributed by atoms with van der Waals surface area (Å²) in [6.45, 7) is 1.99. The minimum absolute atomic E-state index is 0.0368. The van der Waals surface area contributed by atoms with Crippen LogP contribution < -0.4 is 4.90 Å². The van der Waals surface area contributed by atoms with Crippen molar-refractivity contribution in [2.45, 2.75) is 19.3 Å². The normalized spacial score (nSPS) is 18.1. The van der Waals surface area contributed by atoms with Gasteiger partial charge in [-0.25, -0.2) is 9.37 Å². The number of rotatable bonds is 6. The van der Waals surface area contributed by atoms with Crippen LogP contribution in [0.25, 0.3) is 10.2 Å². The summed E-state index contributed by atoms with van der Waals surface area (Å²) in [7, 11) is 0. The Labute approximate surface area is 165 Å². The van der Waals surface area contributed by atoms with Gasteiger partial charge in [-0.3, -0.25) is 14.5 Å². The maximum Gasteiger partial charge on any atom is 0.310 e. The highest BCUT2D eigenvalue weighted by atomic mass is 32.1. The molecule has 0 N–H and O–H groups in total. The van der Waals surface area contributed by atoms with Crippen LogP contribution in [0.1, 0.15) is 24.8 Å². The Morgan fingerprint density at radius 3 is 2.68 bits per heavy atom. The minimum Gasteiger partial charge on any atom is -0.455 e. The number of fused-ring (bicyclic) bond motifs is 1. The molecule has 1 fully saturated rings. The molecule has 144 valence electrons. The van der Waals surface area contributed by atoms with Crippen LogP contribution in [0.15, 0.2) is 48.5 Å². The van der Waals surface area contributed by atoms with Crippen LogP contribution in [-0.4, -0.2) is 30.0 Å². The Hall–Kier alpha value is -2.80. The maximum atomic E-state index is 13.0. The van der Waals surface area contributed by atoms with Crippen LogP contribution >= 0.6 is 11.3 Å². The van der Waals surface area contributed by atoms with Crippen molar-refractivity contribution in [3.05, 3.63) is 59.9 Å². The van der Waals surface area contributed by atoms with Crippen LogP contribution in [0.5, 0.6) is 0 Å². The molecular formula is C21H19FN2O3S. The van der Waals surface area contributed by atoms with Gasteiger partial charge in [0.2, 0.25) is 0 Å². The first kappa shape index (κ1) is 18.6. The second-order valence-electron chi connectivity index (χ2n) is 6.71. The molecular weight excluding hydrogens is 379 g/mol. The van der Waals surface area contributed by atoms with Gasteiger partial charge < -0.3 is 4.74 Å². The van der Waals surface area contributed by atoms with E-state index in [2.05, 4.69) is 4.98 Å². The Balaban J connectivity index is 1.35. The fourth-order valence-electron chi connectivity index (χ4n) is 3.25. The lowest BCUT2D eigenvalue weighted by Crippen LogP contribution is -2.34. The average Bonchev–Trinajstić information content (AvgIpc) is 3.39. The molecule has 1 amide bonds. The Morgan fingerprint density at radius 2 is 1.96 bits per heavy atom. The zero-order chi connectivity index (χ0) is 19.7. The minimum atomic E-state index is -0.386. The van der Waals surface area contributed by atoms with E-state index >= 15 is 0 Å². The van der Waals surface area contributed by atoms with Gasteiger partial charge in [0, 0.05) is 6.54 Å². The van der Waals surface area contributed by atoms with Gasteiger partial charge in [0.1, 0.15) is 5.82 Å². The van der Waals surface area contributed by atoms with Crippen LogP contribution in [0.4, 0.5) is 9.52 Å². The van der Waals surface area contributed by atoms with E-state index in [0.29, 0.717) is 18.1 Å². The molecule has 1 aliphatic rings. The Morgan fingerprint density at radius 1 is 1.21 bits per heavy atom. The lowest BCUT2D eigenvalue weighted by molar-refractivity contribution is -0.149. The number of carbonyl (C=O) groups is 2. The van der Waals surface area contributed by atoms with E-state index in [-0.39, 0.29) is 36.1 Å². The molecule has 0 aliphatic heterocycles. The molecule has 2 aromatic carbocycles. The van der Waals surface area contributed by atoms with E-state index < -0.39 is 0 Å². The summed E-state index contributed by atoms with van der Waals surface area (Å²) < 4.78 is 19.3. The molecule has 7 heteroatoms. The number of aromatic nitrogens is 1. The summed E-state index contributed by atoms with van der Waals surface area (Å²) in [5.74, 6) is -1.22. The van der Waals surface area contributed by atoms with Gasteiger partial charge in [0.25, 0.3) is 5.91 Å². The number of thiazole rings is 1. The molecule has 0 spiro atoms. The van der Waals surface area contributed by atoms with Crippen LogP contribution in [0.3, 0.4) is 0 Å². The summed E-state index contributed by atoms with van der Waals surface area (Å²) >= 11 is 1.43. The van der Waals surface area contributed by atoms with Crippen molar-refractivity contribution in [1.82, 2.24) is 4.98 Å². The molecule has 0 radical (unpaired) electrons. The van der Waals surface area contributed by atoms with E-state index in [1.54, 1.807) is 12.1 Å². The number of ether oxygens (including phenoxy) is 1. The third kappa shape index (κ3) is 3.75. The van der Waals surface area contributed by atoms with Crippen LogP contribution in [0.2, 0.25) is 0 Å². The number of hydrogen-bond donors (Lipinski definition) is 0. The van der Waals surface area contributed by atoms with E-state index in [1.165, 1.54) is 28.4 Å². The second kappa shape index (κ2) is 7.67. The zero-order valence-corrected chi connectivity index (χ0v) is 16.1. The third-order valence-corrected chi connectivity index (χ3v) is 5.92. The number of hydrogen-bond acceptors (Lipinski definition) is 5. The van der Waals surface area contributed by atoms with Crippen molar-refractivity contribution >= 4 is 38.6 Å². The summed E-state index contributed by atoms with van der Waals surface area (Å²) in [6, 6.07) is 13.8. The van der Waals surface area contributed by atoms with Gasteiger partial charge >= 0.3 is 5.97 Å². The summed E-state index contributed by atoms with van der Waals surface area (Å²) in [4.78, 5) is 30.9. The molecule has 0 saturated heterocycles. The van der Waals surface area contributed by atoms with E-state index in [1.807, 2.05) is 31.2 Å². The number of nitrogens with zero attached hydrogens (tertiary/aromatic N) is 2. The third-order valence-electron chi connectivity index (χ3n) is 4.86. The van der Waals surface area contributed by atoms with Crippen LogP contribution in [0, 0.1) is 11.7 Å². The van der Waals surface area contributed by atoms with Gasteiger partial charge in [-0.05, 0) is 49.1 Å². The molecule has 3 aromatic rings. The van der Waals surface area contributed by atoms with Crippen molar-refractivity contribution in [1.29, 1.82) is 0 Å². The zero-order valence-electron chi connectivity index (χ0n) is 15.3. The maximum absolute atomic E-state index is 13.0. The largest absolute Gasteiger partial charge is 0.455 e. The number of halogens is 1. The van der Waals surface area contributed by atoms with Gasteiger partial charge in [-0.15, -0.1) is 0 Å². The number of esters is 1.